The summed E-state index contributed by atoms with van der Waals surface area (Å²) in [5, 5.41) is 125. The first-order chi connectivity index (χ1) is 39.9. The number of carbonyl (C=O) groups excluding carboxylic acids is 3. The van der Waals surface area contributed by atoms with E-state index in [0.717, 1.165) is 59.0 Å². The SMILES string of the molecule is CCCCCCCCCCCCC/C=C/[C@@H](O)[C@H](CO[C@@H]1O[C@H](CO)[C@@H](O[C@@H]2O[C@H](CO)[C@H](O[C@]3(C(=O)OC)C[C@H](O)[C@@H](NC(C)=O)[C@H]([C@H](O)[C@H](O)CO)O3)[C@H](O)[C@H]2O)[C@H](O)[C@H]1O)NC(=O)CCCCCCCCCCCCCCCCC. The number of rotatable bonds is 45. The number of ether oxygens (including phenoxy) is 7. The highest BCUT2D eigenvalue weighted by Gasteiger charge is 2.60. The lowest BCUT2D eigenvalue weighted by atomic mass is 9.88. The highest BCUT2D eigenvalue weighted by Crippen LogP contribution is 2.39. The molecule has 0 radical (unpaired) electrons. The normalized spacial score (nSPS) is 30.0. The summed E-state index contributed by atoms with van der Waals surface area (Å²) in [6.07, 6.45) is 6.94. The van der Waals surface area contributed by atoms with Crippen LogP contribution in [0.3, 0.4) is 0 Å². The van der Waals surface area contributed by atoms with Gasteiger partial charge in [0.15, 0.2) is 12.6 Å². The van der Waals surface area contributed by atoms with Gasteiger partial charge in [0.25, 0.3) is 5.79 Å². The molecule has 23 heteroatoms. The fraction of sp³-hybridized carbons (Fsp3) is 0.917. The number of aliphatic hydroxyl groups is 11. The quantitative estimate of drug-likeness (QED) is 0.0236. The maximum Gasteiger partial charge on any atom is 0.366 e. The Morgan fingerprint density at radius 1 is 0.639 bits per heavy atom. The summed E-state index contributed by atoms with van der Waals surface area (Å²) >= 11 is 0. The smallest absolute Gasteiger partial charge is 0.366 e. The fourth-order valence-electron chi connectivity index (χ4n) is 11.1. The number of unbranched alkanes of at least 4 members (excludes halogenated alkanes) is 25. The maximum absolute atomic E-state index is 13.5. The molecule has 0 spiro atoms. The second-order valence-corrected chi connectivity index (χ2v) is 23.1. The molecule has 486 valence electrons. The Kier molecular flexibility index (Phi) is 38.1. The number of allylic oxidation sites excluding steroid dienone is 1. The van der Waals surface area contributed by atoms with E-state index in [0.29, 0.717) is 12.8 Å². The van der Waals surface area contributed by atoms with Crippen LogP contribution in [0.4, 0.5) is 0 Å². The van der Waals surface area contributed by atoms with E-state index in [2.05, 4.69) is 24.5 Å². The molecule has 2 amide bonds. The third kappa shape index (κ3) is 26.0. The molecule has 0 saturated carbocycles. The zero-order valence-electron chi connectivity index (χ0n) is 50.3. The van der Waals surface area contributed by atoms with Crippen LogP contribution in [0.1, 0.15) is 207 Å². The molecule has 0 aliphatic carbocycles. The molecule has 3 saturated heterocycles. The molecule has 3 fully saturated rings. The predicted molar refractivity (Wildman–Crippen MR) is 306 cm³/mol. The molecule has 0 unspecified atom stereocenters. The standard InChI is InChI=1S/C60H110N2O21/c1-5-7-9-11-13-15-17-19-20-22-24-26-28-30-32-34-47(70)62-41(42(67)33-31-29-27-25-23-21-18-16-14-12-10-8-6-2)39-78-57-52(74)50(72)54(45(37-64)79-57)81-58-53(75)51(73)55(46(38-65)80-58)82-60(59(76)77-4)35-43(68)48(61-40(3)66)56(83-60)49(71)44(69)36-63/h31,33,41-46,48-58,63-65,67-69,71-75H,5-30,32,34-39H2,1-4H3,(H,61,66)(H,62,70)/b33-31+/t41-,42+,43-,44+,45+,46+,48+,49+,50+,51+,52+,53+,54+,55-,56+,57+,58-,60+/m0/s1. The van der Waals surface area contributed by atoms with E-state index >= 15 is 0 Å². The topological polar surface area (TPSA) is 362 Å². The van der Waals surface area contributed by atoms with Crippen LogP contribution in [0, 0.1) is 0 Å². The van der Waals surface area contributed by atoms with Gasteiger partial charge in [-0.1, -0.05) is 180 Å². The molecule has 0 aromatic rings. The van der Waals surface area contributed by atoms with Gasteiger partial charge < -0.3 is 100.0 Å². The molecule has 23 nitrogen and oxygen atoms in total. The summed E-state index contributed by atoms with van der Waals surface area (Å²) in [7, 11) is 0.910. The van der Waals surface area contributed by atoms with Crippen molar-refractivity contribution in [3.05, 3.63) is 12.2 Å². The van der Waals surface area contributed by atoms with E-state index in [1.807, 2.05) is 6.08 Å². The number of aliphatic hydroxyl groups excluding tert-OH is 11. The van der Waals surface area contributed by atoms with Gasteiger partial charge in [-0.2, -0.15) is 0 Å². The zero-order valence-corrected chi connectivity index (χ0v) is 50.3. The van der Waals surface area contributed by atoms with Crippen molar-refractivity contribution in [2.45, 2.75) is 317 Å². The molecule has 13 N–H and O–H groups in total. The molecule has 18 atom stereocenters. The summed E-state index contributed by atoms with van der Waals surface area (Å²) in [5.41, 5.74) is 0. The Labute approximate surface area is 493 Å². The summed E-state index contributed by atoms with van der Waals surface area (Å²) in [6.45, 7) is 2.24. The number of hydrogen-bond acceptors (Lipinski definition) is 21. The van der Waals surface area contributed by atoms with Crippen LogP contribution < -0.4 is 10.6 Å². The van der Waals surface area contributed by atoms with Gasteiger partial charge in [0.2, 0.25) is 11.8 Å². The zero-order chi connectivity index (χ0) is 61.2. The molecule has 3 heterocycles. The van der Waals surface area contributed by atoms with Crippen LogP contribution in [0.25, 0.3) is 0 Å². The first-order valence-electron chi connectivity index (χ1n) is 31.5. The Morgan fingerprint density at radius 3 is 1.60 bits per heavy atom. The van der Waals surface area contributed by atoms with Crippen molar-refractivity contribution in [2.24, 2.45) is 0 Å². The second kappa shape index (κ2) is 42.4. The van der Waals surface area contributed by atoms with Gasteiger partial charge >= 0.3 is 5.97 Å². The van der Waals surface area contributed by atoms with Crippen LogP contribution in [0.5, 0.6) is 0 Å². The van der Waals surface area contributed by atoms with Gasteiger partial charge in [-0.25, -0.2) is 4.79 Å². The van der Waals surface area contributed by atoms with Crippen LogP contribution in [0.2, 0.25) is 0 Å². The first kappa shape index (κ1) is 74.7. The number of carbonyl (C=O) groups is 3. The monoisotopic (exact) mass is 1190 g/mol. The minimum Gasteiger partial charge on any atom is -0.465 e. The number of esters is 1. The van der Waals surface area contributed by atoms with Gasteiger partial charge in [0.05, 0.1) is 57.8 Å². The molecule has 0 aromatic heterocycles. The summed E-state index contributed by atoms with van der Waals surface area (Å²) < 4.78 is 40.1. The highest BCUT2D eigenvalue weighted by molar-refractivity contribution is 5.78. The predicted octanol–water partition coefficient (Wildman–Crippen LogP) is 3.25. The van der Waals surface area contributed by atoms with Crippen molar-refractivity contribution < 1.29 is 104 Å². The lowest BCUT2D eigenvalue weighted by Crippen LogP contribution is -2.70. The van der Waals surface area contributed by atoms with Crippen molar-refractivity contribution in [1.82, 2.24) is 10.6 Å². The van der Waals surface area contributed by atoms with Crippen molar-refractivity contribution in [1.29, 1.82) is 0 Å². The van der Waals surface area contributed by atoms with Gasteiger partial charge in [-0.15, -0.1) is 0 Å². The fourth-order valence-corrected chi connectivity index (χ4v) is 11.1. The van der Waals surface area contributed by atoms with Crippen molar-refractivity contribution in [2.75, 3.05) is 33.5 Å². The highest BCUT2D eigenvalue weighted by atomic mass is 16.8. The van der Waals surface area contributed by atoms with Crippen molar-refractivity contribution in [3.8, 4) is 0 Å². The molecule has 3 aliphatic heterocycles. The van der Waals surface area contributed by atoms with E-state index in [1.165, 1.54) is 116 Å². The summed E-state index contributed by atoms with van der Waals surface area (Å²) in [4.78, 5) is 38.9. The van der Waals surface area contributed by atoms with E-state index in [4.69, 9.17) is 33.2 Å². The molecule has 3 rings (SSSR count). The van der Waals surface area contributed by atoms with E-state index in [9.17, 15) is 70.6 Å². The lowest BCUT2D eigenvalue weighted by molar-refractivity contribution is -0.385. The summed E-state index contributed by atoms with van der Waals surface area (Å²) in [5.74, 6) is -5.18. The maximum atomic E-state index is 13.5. The van der Waals surface area contributed by atoms with Crippen molar-refractivity contribution in [3.63, 3.8) is 0 Å². The van der Waals surface area contributed by atoms with Gasteiger partial charge in [0, 0.05) is 19.8 Å². The average Bonchev–Trinajstić information content (AvgIpc) is 3.05. The molecule has 0 aromatic carbocycles. The van der Waals surface area contributed by atoms with Gasteiger partial charge in [0.1, 0.15) is 67.1 Å². The summed E-state index contributed by atoms with van der Waals surface area (Å²) in [6, 6.07) is -2.51. The van der Waals surface area contributed by atoms with E-state index in [1.54, 1.807) is 6.08 Å². The molecule has 0 bridgehead atoms. The minimum absolute atomic E-state index is 0.217. The van der Waals surface area contributed by atoms with Crippen LogP contribution >= 0.6 is 0 Å². The lowest BCUT2D eigenvalue weighted by Gasteiger charge is -2.51. The first-order valence-corrected chi connectivity index (χ1v) is 31.5. The van der Waals surface area contributed by atoms with Gasteiger partial charge in [-0.3, -0.25) is 9.59 Å². The molecular weight excluding hydrogens is 1080 g/mol. The third-order valence-corrected chi connectivity index (χ3v) is 16.1. The number of hydrogen-bond donors (Lipinski definition) is 13. The average molecular weight is 1200 g/mol. The Morgan fingerprint density at radius 2 is 1.11 bits per heavy atom. The van der Waals surface area contributed by atoms with Crippen LogP contribution in [-0.4, -0.2) is 217 Å². The van der Waals surface area contributed by atoms with Crippen LogP contribution in [0.15, 0.2) is 12.2 Å². The van der Waals surface area contributed by atoms with Crippen molar-refractivity contribution >= 4 is 17.8 Å². The molecule has 3 aliphatic rings. The Balaban J connectivity index is 1.64. The third-order valence-electron chi connectivity index (χ3n) is 16.1. The van der Waals surface area contributed by atoms with Gasteiger partial charge in [-0.05, 0) is 19.3 Å². The second-order valence-electron chi connectivity index (χ2n) is 23.1. The Bertz CT molecular complexity index is 1750. The minimum atomic E-state index is -2.79. The Hall–Kier alpha value is -2.53. The largest absolute Gasteiger partial charge is 0.465 e. The number of nitrogens with one attached hydrogen (secondary N) is 2. The molecular formula is C60H110N2O21. The number of amides is 2. The van der Waals surface area contributed by atoms with Crippen LogP contribution in [-0.2, 0) is 47.5 Å². The van der Waals surface area contributed by atoms with E-state index in [-0.39, 0.29) is 12.3 Å². The molecule has 83 heavy (non-hydrogen) atoms. The van der Waals surface area contributed by atoms with E-state index < -0.39 is 155 Å². The number of methoxy groups -OCH3 is 1.